The summed E-state index contributed by atoms with van der Waals surface area (Å²) in [6.07, 6.45) is 2.07. The zero-order valence-electron chi connectivity index (χ0n) is 10.9. The van der Waals surface area contributed by atoms with Crippen molar-refractivity contribution in [3.63, 3.8) is 0 Å². The summed E-state index contributed by atoms with van der Waals surface area (Å²) in [6, 6.07) is 4.33. The molecule has 0 fully saturated rings. The van der Waals surface area contributed by atoms with Gasteiger partial charge in [0, 0.05) is 6.61 Å². The van der Waals surface area contributed by atoms with Crippen LogP contribution in [-0.4, -0.2) is 25.6 Å². The summed E-state index contributed by atoms with van der Waals surface area (Å²) in [6.45, 7) is 4.78. The average molecular weight is 254 g/mol. The largest absolute Gasteiger partial charge is 0.487 e. The second-order valence-electron chi connectivity index (χ2n) is 3.99. The molecule has 0 saturated heterocycles. The minimum absolute atomic E-state index is 0.0177. The van der Waals surface area contributed by atoms with Crippen LogP contribution in [0, 0.1) is 5.82 Å². The molecule has 1 aromatic carbocycles. The number of Topliss-reactive ketones (excluding diaryl/α,β-unsaturated/α-hetero) is 1. The van der Waals surface area contributed by atoms with Crippen LogP contribution in [0.2, 0.25) is 0 Å². The smallest absolute Gasteiger partial charge is 0.165 e. The van der Waals surface area contributed by atoms with Crippen molar-refractivity contribution in [2.24, 2.45) is 0 Å². The van der Waals surface area contributed by atoms with Gasteiger partial charge in [-0.3, -0.25) is 4.79 Å². The molecule has 0 heterocycles. The Labute approximate surface area is 107 Å². The van der Waals surface area contributed by atoms with Gasteiger partial charge in [-0.25, -0.2) is 4.39 Å². The van der Waals surface area contributed by atoms with Crippen LogP contribution < -0.4 is 4.74 Å². The molecule has 0 spiro atoms. The molecule has 0 bridgehead atoms. The van der Waals surface area contributed by atoms with Gasteiger partial charge in [-0.2, -0.15) is 0 Å². The zero-order valence-corrected chi connectivity index (χ0v) is 10.9. The van der Waals surface area contributed by atoms with E-state index in [0.717, 1.165) is 12.8 Å². The Balaban J connectivity index is 2.48. The van der Waals surface area contributed by atoms with Gasteiger partial charge in [-0.05, 0) is 25.5 Å². The Morgan fingerprint density at radius 3 is 2.72 bits per heavy atom. The molecule has 0 aliphatic heterocycles. The summed E-state index contributed by atoms with van der Waals surface area (Å²) >= 11 is 0. The van der Waals surface area contributed by atoms with E-state index in [2.05, 4.69) is 6.92 Å². The number of ketones is 1. The minimum atomic E-state index is -0.517. The quantitative estimate of drug-likeness (QED) is 0.528. The van der Waals surface area contributed by atoms with Gasteiger partial charge in [0.05, 0.1) is 12.2 Å². The van der Waals surface area contributed by atoms with E-state index in [1.807, 2.05) is 0 Å². The lowest BCUT2D eigenvalue weighted by Crippen LogP contribution is -2.10. The van der Waals surface area contributed by atoms with Crippen molar-refractivity contribution in [1.29, 1.82) is 0 Å². The maximum atomic E-state index is 13.5. The first-order valence-electron chi connectivity index (χ1n) is 6.16. The van der Waals surface area contributed by atoms with Crippen LogP contribution in [0.3, 0.4) is 0 Å². The second-order valence-corrected chi connectivity index (χ2v) is 3.99. The molecule has 100 valence electrons. The molecule has 1 aromatic rings. The number of para-hydroxylation sites is 1. The van der Waals surface area contributed by atoms with E-state index in [1.165, 1.54) is 19.1 Å². The van der Waals surface area contributed by atoms with E-state index in [1.54, 1.807) is 6.07 Å². The van der Waals surface area contributed by atoms with Gasteiger partial charge in [-0.15, -0.1) is 0 Å². The van der Waals surface area contributed by atoms with Gasteiger partial charge < -0.3 is 9.47 Å². The lowest BCUT2D eigenvalue weighted by molar-refractivity contribution is 0.0935. The Hall–Kier alpha value is -1.42. The van der Waals surface area contributed by atoms with Crippen LogP contribution in [0.1, 0.15) is 37.0 Å². The number of carbonyl (C=O) groups excluding carboxylic acids is 1. The van der Waals surface area contributed by atoms with Crippen LogP contribution in [0.5, 0.6) is 5.75 Å². The van der Waals surface area contributed by atoms with Crippen LogP contribution in [0.25, 0.3) is 0 Å². The fourth-order valence-corrected chi connectivity index (χ4v) is 1.48. The van der Waals surface area contributed by atoms with Crippen molar-refractivity contribution in [2.75, 3.05) is 19.8 Å². The highest BCUT2D eigenvalue weighted by Crippen LogP contribution is 2.22. The predicted octanol–water partition coefficient (Wildman–Crippen LogP) is 3.22. The standard InChI is InChI=1S/C14H19FO3/c1-3-4-8-17-9-10-18-14-12(11(2)16)6-5-7-13(14)15/h5-7H,3-4,8-10H2,1-2H3. The number of benzene rings is 1. The van der Waals surface area contributed by atoms with Crippen molar-refractivity contribution < 1.29 is 18.7 Å². The number of hydrogen-bond acceptors (Lipinski definition) is 3. The molecule has 0 N–H and O–H groups in total. The van der Waals surface area contributed by atoms with Gasteiger partial charge in [0.25, 0.3) is 0 Å². The fourth-order valence-electron chi connectivity index (χ4n) is 1.48. The Morgan fingerprint density at radius 2 is 2.06 bits per heavy atom. The topological polar surface area (TPSA) is 35.5 Å². The molecule has 0 saturated carbocycles. The van der Waals surface area contributed by atoms with E-state index in [9.17, 15) is 9.18 Å². The van der Waals surface area contributed by atoms with Crippen molar-refractivity contribution in [3.05, 3.63) is 29.6 Å². The van der Waals surface area contributed by atoms with Crippen LogP contribution >= 0.6 is 0 Å². The normalized spacial score (nSPS) is 10.4. The summed E-state index contributed by atoms with van der Waals surface area (Å²) in [5.74, 6) is -0.711. The fraction of sp³-hybridized carbons (Fsp3) is 0.500. The summed E-state index contributed by atoms with van der Waals surface area (Å²) in [7, 11) is 0. The average Bonchev–Trinajstić information content (AvgIpc) is 2.34. The first-order chi connectivity index (χ1) is 8.66. The molecule has 0 amide bonds. The first-order valence-corrected chi connectivity index (χ1v) is 6.16. The van der Waals surface area contributed by atoms with Gasteiger partial charge in [-0.1, -0.05) is 19.4 Å². The SMILES string of the molecule is CCCCOCCOc1c(F)cccc1C(C)=O. The van der Waals surface area contributed by atoms with E-state index in [4.69, 9.17) is 9.47 Å². The number of unbranched alkanes of at least 4 members (excludes halogenated alkanes) is 1. The minimum Gasteiger partial charge on any atom is -0.487 e. The maximum absolute atomic E-state index is 13.5. The Morgan fingerprint density at radius 1 is 1.28 bits per heavy atom. The zero-order chi connectivity index (χ0) is 13.4. The van der Waals surface area contributed by atoms with Gasteiger partial charge in [0.1, 0.15) is 6.61 Å². The van der Waals surface area contributed by atoms with E-state index in [0.29, 0.717) is 13.2 Å². The lowest BCUT2D eigenvalue weighted by Gasteiger charge is -2.10. The maximum Gasteiger partial charge on any atom is 0.165 e. The highest BCUT2D eigenvalue weighted by Gasteiger charge is 2.12. The molecule has 1 rings (SSSR count). The van der Waals surface area contributed by atoms with Gasteiger partial charge in [0.2, 0.25) is 0 Å². The van der Waals surface area contributed by atoms with Crippen molar-refractivity contribution in [1.82, 2.24) is 0 Å². The van der Waals surface area contributed by atoms with E-state index in [-0.39, 0.29) is 23.7 Å². The van der Waals surface area contributed by atoms with Gasteiger partial charge in [0.15, 0.2) is 17.3 Å². The van der Waals surface area contributed by atoms with Crippen molar-refractivity contribution in [3.8, 4) is 5.75 Å². The highest BCUT2D eigenvalue weighted by atomic mass is 19.1. The van der Waals surface area contributed by atoms with E-state index >= 15 is 0 Å². The van der Waals surface area contributed by atoms with Crippen LogP contribution in [-0.2, 0) is 4.74 Å². The molecule has 0 aliphatic rings. The third kappa shape index (κ3) is 4.45. The monoisotopic (exact) mass is 254 g/mol. The molecule has 0 atom stereocenters. The molecule has 3 nitrogen and oxygen atoms in total. The highest BCUT2D eigenvalue weighted by molar-refractivity contribution is 5.96. The lowest BCUT2D eigenvalue weighted by atomic mass is 10.1. The Kier molecular flexibility index (Phi) is 6.36. The first kappa shape index (κ1) is 14.6. The molecular weight excluding hydrogens is 235 g/mol. The summed E-state index contributed by atoms with van der Waals surface area (Å²) in [5, 5.41) is 0. The summed E-state index contributed by atoms with van der Waals surface area (Å²) in [4.78, 5) is 11.3. The molecular formula is C14H19FO3. The predicted molar refractivity (Wildman–Crippen MR) is 67.6 cm³/mol. The van der Waals surface area contributed by atoms with Crippen LogP contribution in [0.15, 0.2) is 18.2 Å². The number of halogens is 1. The molecule has 0 unspecified atom stereocenters. The van der Waals surface area contributed by atoms with Crippen molar-refractivity contribution in [2.45, 2.75) is 26.7 Å². The van der Waals surface area contributed by atoms with E-state index < -0.39 is 5.82 Å². The molecule has 0 aliphatic carbocycles. The third-order valence-electron chi connectivity index (χ3n) is 2.46. The van der Waals surface area contributed by atoms with Crippen LogP contribution in [0.4, 0.5) is 4.39 Å². The molecule has 18 heavy (non-hydrogen) atoms. The summed E-state index contributed by atoms with van der Waals surface area (Å²) in [5.41, 5.74) is 0.267. The Bertz CT molecular complexity index is 391. The number of ether oxygens (including phenoxy) is 2. The number of rotatable bonds is 8. The molecule has 4 heteroatoms. The second kappa shape index (κ2) is 7.82. The summed E-state index contributed by atoms with van der Waals surface area (Å²) < 4.78 is 24.1. The number of hydrogen-bond donors (Lipinski definition) is 0. The molecule has 0 radical (unpaired) electrons. The number of carbonyl (C=O) groups is 1. The molecule has 0 aromatic heterocycles. The third-order valence-corrected chi connectivity index (χ3v) is 2.46. The van der Waals surface area contributed by atoms with Crippen molar-refractivity contribution >= 4 is 5.78 Å². The van der Waals surface area contributed by atoms with Gasteiger partial charge >= 0.3 is 0 Å².